The van der Waals surface area contributed by atoms with Gasteiger partial charge in [0, 0.05) is 16.7 Å². The number of benzene rings is 1. The van der Waals surface area contributed by atoms with E-state index in [4.69, 9.17) is 16.0 Å². The molecule has 0 saturated carbocycles. The number of hydrogen-bond acceptors (Lipinski definition) is 5. The van der Waals surface area contributed by atoms with Crippen molar-refractivity contribution >= 4 is 40.4 Å². The van der Waals surface area contributed by atoms with Crippen molar-refractivity contribution in [2.45, 2.75) is 11.6 Å². The first-order valence-corrected chi connectivity index (χ1v) is 5.90. The van der Waals surface area contributed by atoms with Gasteiger partial charge in [-0.1, -0.05) is 23.4 Å². The predicted octanol–water partition coefficient (Wildman–Crippen LogP) is 1.71. The Balaban J connectivity index is 2.10. The van der Waals surface area contributed by atoms with Gasteiger partial charge in [-0.2, -0.15) is 0 Å². The van der Waals surface area contributed by atoms with E-state index in [1.807, 2.05) is 0 Å². The Labute approximate surface area is 101 Å². The lowest BCUT2D eigenvalue weighted by Crippen LogP contribution is -2.22. The van der Waals surface area contributed by atoms with E-state index in [9.17, 15) is 9.90 Å². The van der Waals surface area contributed by atoms with Gasteiger partial charge < -0.3 is 14.3 Å². The van der Waals surface area contributed by atoms with Crippen LogP contribution in [0.3, 0.4) is 0 Å². The fraction of sp³-hybridized carbons (Fsp3) is 0.200. The van der Waals surface area contributed by atoms with Crippen molar-refractivity contribution in [3.8, 4) is 0 Å². The highest BCUT2D eigenvalue weighted by molar-refractivity contribution is 7.99. The summed E-state index contributed by atoms with van der Waals surface area (Å²) in [6.07, 6.45) is -0.0237. The zero-order valence-corrected chi connectivity index (χ0v) is 9.68. The Hall–Kier alpha value is -1.20. The van der Waals surface area contributed by atoms with Crippen molar-refractivity contribution < 1.29 is 14.3 Å². The number of carboxylic acid groups (broad SMARTS) is 1. The van der Waals surface area contributed by atoms with Gasteiger partial charge in [0.1, 0.15) is 5.52 Å². The first-order valence-electron chi connectivity index (χ1n) is 4.54. The summed E-state index contributed by atoms with van der Waals surface area (Å²) in [4.78, 5) is 14.4. The minimum atomic E-state index is -1.08. The molecule has 1 heterocycles. The first-order chi connectivity index (χ1) is 7.65. The lowest BCUT2D eigenvalue weighted by molar-refractivity contribution is -0.305. The smallest absolute Gasteiger partial charge is 0.256 e. The fourth-order valence-electron chi connectivity index (χ4n) is 1.16. The van der Waals surface area contributed by atoms with Crippen LogP contribution in [-0.2, 0) is 4.79 Å². The van der Waals surface area contributed by atoms with E-state index in [-0.39, 0.29) is 6.42 Å². The maximum absolute atomic E-state index is 10.2. The maximum atomic E-state index is 10.2. The molecule has 6 heteroatoms. The van der Waals surface area contributed by atoms with Gasteiger partial charge in [-0.15, -0.1) is 0 Å². The number of aliphatic carboxylic acids is 1. The van der Waals surface area contributed by atoms with Gasteiger partial charge >= 0.3 is 0 Å². The van der Waals surface area contributed by atoms with Crippen molar-refractivity contribution in [3.63, 3.8) is 0 Å². The average Bonchev–Trinajstić information content (AvgIpc) is 2.58. The van der Waals surface area contributed by atoms with Gasteiger partial charge in [0.15, 0.2) is 5.58 Å². The van der Waals surface area contributed by atoms with Gasteiger partial charge in [-0.3, -0.25) is 0 Å². The largest absolute Gasteiger partial charge is 0.550 e. The van der Waals surface area contributed by atoms with Gasteiger partial charge in [0.25, 0.3) is 5.22 Å². The first kappa shape index (κ1) is 11.3. The summed E-state index contributed by atoms with van der Waals surface area (Å²) in [5.41, 5.74) is 1.31. The Morgan fingerprint density at radius 3 is 3.12 bits per heavy atom. The fourth-order valence-corrected chi connectivity index (χ4v) is 2.08. The topological polar surface area (TPSA) is 66.2 Å². The van der Waals surface area contributed by atoms with E-state index < -0.39 is 5.97 Å². The zero-order chi connectivity index (χ0) is 11.5. The number of fused-ring (bicyclic) bond motifs is 1. The van der Waals surface area contributed by atoms with Gasteiger partial charge in [-0.05, 0) is 24.6 Å². The highest BCUT2D eigenvalue weighted by atomic mass is 35.5. The molecule has 0 aliphatic rings. The molecule has 0 aliphatic heterocycles. The van der Waals surface area contributed by atoms with Crippen LogP contribution in [0.5, 0.6) is 0 Å². The second kappa shape index (κ2) is 4.76. The molecule has 0 radical (unpaired) electrons. The number of carbonyl (C=O) groups excluding carboxylic acids is 1. The molecule has 16 heavy (non-hydrogen) atoms. The third-order valence-electron chi connectivity index (χ3n) is 1.86. The van der Waals surface area contributed by atoms with E-state index in [0.717, 1.165) is 0 Å². The number of rotatable bonds is 4. The summed E-state index contributed by atoms with van der Waals surface area (Å²) >= 11 is 7.04. The van der Waals surface area contributed by atoms with Crippen molar-refractivity contribution in [2.24, 2.45) is 0 Å². The SMILES string of the molecule is O=C([O-])CCSc1nc2cc(Cl)ccc2o1. The standard InChI is InChI=1S/C10H8ClNO3S/c11-6-1-2-8-7(5-6)12-10(15-8)16-4-3-9(13)14/h1-2,5H,3-4H2,(H,13,14)/p-1. The molecule has 0 aliphatic carbocycles. The number of thioether (sulfide) groups is 1. The molecular weight excluding hydrogens is 250 g/mol. The summed E-state index contributed by atoms with van der Waals surface area (Å²) in [6, 6.07) is 5.14. The lowest BCUT2D eigenvalue weighted by atomic mass is 10.3. The third kappa shape index (κ3) is 2.68. The van der Waals surface area contributed by atoms with Crippen LogP contribution in [0.25, 0.3) is 11.1 Å². The third-order valence-corrected chi connectivity index (χ3v) is 2.93. The van der Waals surface area contributed by atoms with Crippen LogP contribution in [0.1, 0.15) is 6.42 Å². The lowest BCUT2D eigenvalue weighted by Gasteiger charge is -1.97. The van der Waals surface area contributed by atoms with E-state index in [2.05, 4.69) is 4.98 Å². The molecule has 0 unspecified atom stereocenters. The number of carboxylic acids is 1. The van der Waals surface area contributed by atoms with Crippen molar-refractivity contribution in [1.82, 2.24) is 4.98 Å². The summed E-state index contributed by atoms with van der Waals surface area (Å²) in [7, 11) is 0. The Kier molecular flexibility index (Phi) is 3.36. The quantitative estimate of drug-likeness (QED) is 0.779. The molecule has 2 rings (SSSR count). The molecule has 0 fully saturated rings. The van der Waals surface area contributed by atoms with Crippen LogP contribution in [0.2, 0.25) is 5.02 Å². The second-order valence-electron chi connectivity index (χ2n) is 3.06. The van der Waals surface area contributed by atoms with Crippen LogP contribution in [0, 0.1) is 0 Å². The summed E-state index contributed by atoms with van der Waals surface area (Å²) in [5.74, 6) is -0.699. The van der Waals surface area contributed by atoms with E-state index in [1.165, 1.54) is 11.8 Å². The Morgan fingerprint density at radius 1 is 1.56 bits per heavy atom. The number of nitrogens with zero attached hydrogens (tertiary/aromatic N) is 1. The number of hydrogen-bond donors (Lipinski definition) is 0. The van der Waals surface area contributed by atoms with Crippen LogP contribution >= 0.6 is 23.4 Å². The average molecular weight is 257 g/mol. The normalized spacial score (nSPS) is 10.8. The maximum Gasteiger partial charge on any atom is 0.256 e. The Bertz CT molecular complexity index is 526. The molecule has 0 amide bonds. The second-order valence-corrected chi connectivity index (χ2v) is 4.54. The molecule has 0 atom stereocenters. The molecule has 2 aromatic rings. The number of carbonyl (C=O) groups is 1. The van der Waals surface area contributed by atoms with Gasteiger partial charge in [0.05, 0.1) is 0 Å². The molecular formula is C10H7ClNO3S-. The predicted molar refractivity (Wildman–Crippen MR) is 59.4 cm³/mol. The number of aromatic nitrogens is 1. The van der Waals surface area contributed by atoms with Crippen LogP contribution in [-0.4, -0.2) is 16.7 Å². The summed E-state index contributed by atoms with van der Waals surface area (Å²) < 4.78 is 5.38. The minimum absolute atomic E-state index is 0.0237. The van der Waals surface area contributed by atoms with E-state index in [0.29, 0.717) is 27.1 Å². The van der Waals surface area contributed by atoms with Crippen molar-refractivity contribution in [3.05, 3.63) is 23.2 Å². The van der Waals surface area contributed by atoms with E-state index >= 15 is 0 Å². The van der Waals surface area contributed by atoms with Crippen molar-refractivity contribution in [2.75, 3.05) is 5.75 Å². The van der Waals surface area contributed by atoms with Gasteiger partial charge in [-0.25, -0.2) is 4.98 Å². The number of halogens is 1. The van der Waals surface area contributed by atoms with Gasteiger partial charge in [0.2, 0.25) is 0 Å². The highest BCUT2D eigenvalue weighted by Gasteiger charge is 2.06. The molecule has 4 nitrogen and oxygen atoms in total. The summed E-state index contributed by atoms with van der Waals surface area (Å²) in [6.45, 7) is 0. The Morgan fingerprint density at radius 2 is 2.38 bits per heavy atom. The van der Waals surface area contributed by atoms with Crippen LogP contribution in [0.4, 0.5) is 0 Å². The van der Waals surface area contributed by atoms with Crippen LogP contribution < -0.4 is 5.11 Å². The molecule has 84 valence electrons. The zero-order valence-electron chi connectivity index (χ0n) is 8.10. The monoisotopic (exact) mass is 256 g/mol. The minimum Gasteiger partial charge on any atom is -0.550 e. The van der Waals surface area contributed by atoms with Crippen LogP contribution in [0.15, 0.2) is 27.8 Å². The molecule has 1 aromatic carbocycles. The molecule has 1 aromatic heterocycles. The molecule has 0 spiro atoms. The van der Waals surface area contributed by atoms with E-state index in [1.54, 1.807) is 18.2 Å². The molecule has 0 bridgehead atoms. The molecule has 0 saturated heterocycles. The molecule has 0 N–H and O–H groups in total. The number of oxazole rings is 1. The summed E-state index contributed by atoms with van der Waals surface area (Å²) in [5, 5.41) is 11.2. The highest BCUT2D eigenvalue weighted by Crippen LogP contribution is 2.25. The van der Waals surface area contributed by atoms with Crippen molar-refractivity contribution in [1.29, 1.82) is 0 Å².